The Balaban J connectivity index is 1.70. The predicted octanol–water partition coefficient (Wildman–Crippen LogP) is 5.27. The van der Waals surface area contributed by atoms with E-state index in [1.807, 2.05) is 30.3 Å². The normalized spacial score (nSPS) is 11.0. The first-order valence-electron chi connectivity index (χ1n) is 7.71. The van der Waals surface area contributed by atoms with E-state index in [0.717, 1.165) is 22.4 Å². The maximum atomic E-state index is 6.24. The highest BCUT2D eigenvalue weighted by Gasteiger charge is 2.11. The minimum Gasteiger partial charge on any atom is -0.458 e. The summed E-state index contributed by atoms with van der Waals surface area (Å²) < 4.78 is 5.92. The van der Waals surface area contributed by atoms with Gasteiger partial charge in [0.1, 0.15) is 11.3 Å². The fourth-order valence-corrected chi connectivity index (χ4v) is 2.92. The van der Waals surface area contributed by atoms with E-state index < -0.39 is 0 Å². The fraction of sp³-hybridized carbons (Fsp3) is 0.0476. The summed E-state index contributed by atoms with van der Waals surface area (Å²) in [5.74, 6) is 0.830. The van der Waals surface area contributed by atoms with Crippen LogP contribution in [-0.4, -0.2) is 0 Å². The molecule has 2 heteroatoms. The lowest BCUT2D eigenvalue weighted by atomic mass is 10.0. The van der Waals surface area contributed by atoms with E-state index in [0.29, 0.717) is 6.42 Å². The van der Waals surface area contributed by atoms with Gasteiger partial charge in [0.15, 0.2) is 0 Å². The van der Waals surface area contributed by atoms with Crippen LogP contribution in [0.4, 0.5) is 5.69 Å². The molecular formula is C21H17NO. The molecule has 4 rings (SSSR count). The molecule has 0 bridgehead atoms. The number of anilines is 1. The number of fused-ring (bicyclic) bond motifs is 1. The topological polar surface area (TPSA) is 39.2 Å². The van der Waals surface area contributed by atoms with Gasteiger partial charge in [-0.25, -0.2) is 0 Å². The molecule has 0 radical (unpaired) electrons. The molecule has 0 saturated heterocycles. The molecule has 0 atom stereocenters. The van der Waals surface area contributed by atoms with Gasteiger partial charge in [0, 0.05) is 11.8 Å². The van der Waals surface area contributed by atoms with Crippen LogP contribution in [-0.2, 0) is 6.42 Å². The highest BCUT2D eigenvalue weighted by atomic mass is 16.3. The second-order valence-electron chi connectivity index (χ2n) is 5.68. The summed E-state index contributed by atoms with van der Waals surface area (Å²) in [5, 5.41) is 0.988. The Bertz CT molecular complexity index is 954. The summed E-state index contributed by atoms with van der Waals surface area (Å²) in [7, 11) is 0. The number of nitrogen functional groups attached to an aromatic ring is 1. The van der Waals surface area contributed by atoms with Gasteiger partial charge in [-0.2, -0.15) is 0 Å². The molecular weight excluding hydrogens is 282 g/mol. The highest BCUT2D eigenvalue weighted by molar-refractivity contribution is 5.91. The molecule has 0 unspecified atom stereocenters. The average Bonchev–Trinajstić information content (AvgIpc) is 2.92. The Morgan fingerprint density at radius 2 is 1.48 bits per heavy atom. The van der Waals surface area contributed by atoms with E-state index in [-0.39, 0.29) is 0 Å². The molecule has 1 heterocycles. The molecule has 0 saturated carbocycles. The number of furan rings is 1. The standard InChI is InChI=1S/C21H17NO/c22-21-18-11-4-5-12-19(18)23-20(21)14-15-7-6-10-17(13-15)16-8-2-1-3-9-16/h1-13H,14,22H2. The Morgan fingerprint density at radius 1 is 0.739 bits per heavy atom. The number of nitrogens with two attached hydrogens (primary N) is 1. The highest BCUT2D eigenvalue weighted by Crippen LogP contribution is 2.30. The molecule has 112 valence electrons. The molecule has 2 nitrogen and oxygen atoms in total. The number of rotatable bonds is 3. The lowest BCUT2D eigenvalue weighted by Crippen LogP contribution is -1.92. The van der Waals surface area contributed by atoms with Crippen LogP contribution in [0.3, 0.4) is 0 Å². The fourth-order valence-electron chi connectivity index (χ4n) is 2.92. The van der Waals surface area contributed by atoms with Crippen molar-refractivity contribution in [1.29, 1.82) is 0 Å². The van der Waals surface area contributed by atoms with Gasteiger partial charge in [0.25, 0.3) is 0 Å². The third-order valence-corrected chi connectivity index (χ3v) is 4.11. The largest absolute Gasteiger partial charge is 0.458 e. The van der Waals surface area contributed by atoms with Crippen molar-refractivity contribution in [3.8, 4) is 11.1 Å². The van der Waals surface area contributed by atoms with Crippen LogP contribution in [0.5, 0.6) is 0 Å². The monoisotopic (exact) mass is 299 g/mol. The average molecular weight is 299 g/mol. The van der Waals surface area contributed by atoms with Crippen LogP contribution in [0.15, 0.2) is 83.3 Å². The first-order chi connectivity index (χ1) is 11.3. The molecule has 0 amide bonds. The Morgan fingerprint density at radius 3 is 2.30 bits per heavy atom. The number of hydrogen-bond donors (Lipinski definition) is 1. The lowest BCUT2D eigenvalue weighted by molar-refractivity contribution is 0.565. The molecule has 0 aliphatic carbocycles. The SMILES string of the molecule is Nc1c(Cc2cccc(-c3ccccc3)c2)oc2ccccc12. The number of hydrogen-bond acceptors (Lipinski definition) is 2. The van der Waals surface area contributed by atoms with Crippen LogP contribution < -0.4 is 5.73 Å². The van der Waals surface area contributed by atoms with Gasteiger partial charge in [0.05, 0.1) is 5.69 Å². The molecule has 1 aromatic heterocycles. The van der Waals surface area contributed by atoms with E-state index >= 15 is 0 Å². The van der Waals surface area contributed by atoms with E-state index in [9.17, 15) is 0 Å². The minimum absolute atomic E-state index is 0.696. The third-order valence-electron chi connectivity index (χ3n) is 4.11. The second-order valence-corrected chi connectivity index (χ2v) is 5.68. The second kappa shape index (κ2) is 5.65. The summed E-state index contributed by atoms with van der Waals surface area (Å²) in [6, 6.07) is 26.8. The summed E-state index contributed by atoms with van der Waals surface area (Å²) in [6.45, 7) is 0. The molecule has 0 spiro atoms. The molecule has 0 aliphatic heterocycles. The van der Waals surface area contributed by atoms with E-state index in [1.54, 1.807) is 0 Å². The van der Waals surface area contributed by atoms with Crippen molar-refractivity contribution in [3.63, 3.8) is 0 Å². The molecule has 0 aliphatic rings. The number of benzene rings is 3. The van der Waals surface area contributed by atoms with Crippen molar-refractivity contribution in [2.45, 2.75) is 6.42 Å². The van der Waals surface area contributed by atoms with E-state index in [2.05, 4.69) is 48.5 Å². The van der Waals surface area contributed by atoms with Gasteiger partial charge in [-0.1, -0.05) is 66.7 Å². The van der Waals surface area contributed by atoms with Gasteiger partial charge in [0.2, 0.25) is 0 Å². The van der Waals surface area contributed by atoms with Crippen molar-refractivity contribution in [3.05, 3.63) is 90.2 Å². The van der Waals surface area contributed by atoms with Gasteiger partial charge >= 0.3 is 0 Å². The zero-order valence-electron chi connectivity index (χ0n) is 12.7. The van der Waals surface area contributed by atoms with Gasteiger partial charge in [-0.15, -0.1) is 0 Å². The predicted molar refractivity (Wildman–Crippen MR) is 95.3 cm³/mol. The molecule has 0 fully saturated rings. The molecule has 3 aromatic carbocycles. The zero-order valence-corrected chi connectivity index (χ0v) is 12.7. The minimum atomic E-state index is 0.696. The van der Waals surface area contributed by atoms with Crippen molar-refractivity contribution >= 4 is 16.7 Å². The van der Waals surface area contributed by atoms with Crippen LogP contribution in [0.25, 0.3) is 22.1 Å². The van der Waals surface area contributed by atoms with Crippen molar-refractivity contribution in [1.82, 2.24) is 0 Å². The van der Waals surface area contributed by atoms with E-state index in [1.165, 1.54) is 16.7 Å². The maximum absolute atomic E-state index is 6.24. The van der Waals surface area contributed by atoms with Crippen molar-refractivity contribution < 1.29 is 4.42 Å². The quantitative estimate of drug-likeness (QED) is 0.559. The van der Waals surface area contributed by atoms with Gasteiger partial charge in [-0.05, 0) is 28.8 Å². The van der Waals surface area contributed by atoms with Crippen LogP contribution in [0, 0.1) is 0 Å². The molecule has 2 N–H and O–H groups in total. The van der Waals surface area contributed by atoms with E-state index in [4.69, 9.17) is 10.2 Å². The first-order valence-corrected chi connectivity index (χ1v) is 7.71. The summed E-state index contributed by atoms with van der Waals surface area (Å²) >= 11 is 0. The summed E-state index contributed by atoms with van der Waals surface area (Å²) in [6.07, 6.45) is 0.696. The first kappa shape index (κ1) is 13.6. The third kappa shape index (κ3) is 2.59. The van der Waals surface area contributed by atoms with Crippen molar-refractivity contribution in [2.75, 3.05) is 5.73 Å². The summed E-state index contributed by atoms with van der Waals surface area (Å²) in [4.78, 5) is 0. The molecule has 23 heavy (non-hydrogen) atoms. The maximum Gasteiger partial charge on any atom is 0.136 e. The van der Waals surface area contributed by atoms with Gasteiger partial charge in [-0.3, -0.25) is 0 Å². The Hall–Kier alpha value is -3.00. The summed E-state index contributed by atoms with van der Waals surface area (Å²) in [5.41, 5.74) is 11.4. The lowest BCUT2D eigenvalue weighted by Gasteiger charge is -2.05. The molecule has 4 aromatic rings. The smallest absolute Gasteiger partial charge is 0.136 e. The van der Waals surface area contributed by atoms with Gasteiger partial charge < -0.3 is 10.2 Å². The van der Waals surface area contributed by atoms with Crippen molar-refractivity contribution in [2.24, 2.45) is 0 Å². The number of para-hydroxylation sites is 1. The van der Waals surface area contributed by atoms with Crippen LogP contribution in [0.2, 0.25) is 0 Å². The van der Waals surface area contributed by atoms with Crippen LogP contribution in [0.1, 0.15) is 11.3 Å². The van der Waals surface area contributed by atoms with Crippen LogP contribution >= 0.6 is 0 Å². The Labute approximate surface area is 135 Å². The zero-order chi connectivity index (χ0) is 15.6. The Kier molecular flexibility index (Phi) is 3.35.